The maximum absolute atomic E-state index is 12.0. The van der Waals surface area contributed by atoms with E-state index >= 15 is 0 Å². The van der Waals surface area contributed by atoms with Crippen molar-refractivity contribution in [3.8, 4) is 0 Å². The summed E-state index contributed by atoms with van der Waals surface area (Å²) in [4.78, 5) is 27.1. The van der Waals surface area contributed by atoms with Crippen LogP contribution in [-0.4, -0.2) is 35.8 Å². The smallest absolute Gasteiger partial charge is 0.222 e. The molecule has 0 unspecified atom stereocenters. The number of thiophene rings is 1. The lowest BCUT2D eigenvalue weighted by Gasteiger charge is -2.32. The van der Waals surface area contributed by atoms with Crippen molar-refractivity contribution >= 4 is 23.2 Å². The van der Waals surface area contributed by atoms with Crippen LogP contribution in [0.5, 0.6) is 0 Å². The van der Waals surface area contributed by atoms with Crippen molar-refractivity contribution in [1.82, 2.24) is 10.2 Å². The number of rotatable bonds is 7. The zero-order chi connectivity index (χ0) is 15.8. The lowest BCUT2D eigenvalue weighted by Crippen LogP contribution is -2.46. The maximum Gasteiger partial charge on any atom is 0.222 e. The fraction of sp³-hybridized carbons (Fsp3) is 0.647. The summed E-state index contributed by atoms with van der Waals surface area (Å²) in [5.74, 6) is 0.397. The molecule has 1 aliphatic heterocycles. The third-order valence-corrected chi connectivity index (χ3v) is 5.07. The number of hydrogen-bond donors (Lipinski definition) is 1. The molecule has 1 saturated heterocycles. The Kier molecular flexibility index (Phi) is 6.90. The largest absolute Gasteiger partial charge is 0.353 e. The van der Waals surface area contributed by atoms with Gasteiger partial charge < -0.3 is 10.2 Å². The molecule has 1 aliphatic rings. The maximum atomic E-state index is 12.0. The fourth-order valence-electron chi connectivity index (χ4n) is 2.75. The first kappa shape index (κ1) is 17.0. The molecule has 4 nitrogen and oxygen atoms in total. The molecule has 22 heavy (non-hydrogen) atoms. The number of hydrogen-bond acceptors (Lipinski definition) is 3. The number of amides is 2. The predicted octanol–water partition coefficient (Wildman–Crippen LogP) is 2.98. The highest BCUT2D eigenvalue weighted by atomic mass is 32.1. The van der Waals surface area contributed by atoms with Gasteiger partial charge in [-0.3, -0.25) is 9.59 Å². The Morgan fingerprint density at radius 1 is 1.32 bits per heavy atom. The molecule has 0 bridgehead atoms. The third kappa shape index (κ3) is 5.44. The Balaban J connectivity index is 1.64. The van der Waals surface area contributed by atoms with Crippen LogP contribution in [0.15, 0.2) is 17.5 Å². The first-order valence-electron chi connectivity index (χ1n) is 8.28. The van der Waals surface area contributed by atoms with Gasteiger partial charge in [-0.15, -0.1) is 11.3 Å². The van der Waals surface area contributed by atoms with Crippen molar-refractivity contribution < 1.29 is 9.59 Å². The molecule has 2 amide bonds. The van der Waals surface area contributed by atoms with Crippen LogP contribution in [0.3, 0.4) is 0 Å². The Labute approximate surface area is 136 Å². The molecule has 1 fully saturated rings. The zero-order valence-electron chi connectivity index (χ0n) is 13.3. The fourth-order valence-corrected chi connectivity index (χ4v) is 3.46. The van der Waals surface area contributed by atoms with E-state index in [9.17, 15) is 9.59 Å². The van der Waals surface area contributed by atoms with E-state index in [1.165, 1.54) is 4.88 Å². The van der Waals surface area contributed by atoms with Gasteiger partial charge in [0, 0.05) is 36.9 Å². The van der Waals surface area contributed by atoms with E-state index in [1.54, 1.807) is 11.3 Å². The number of likely N-dealkylation sites (tertiary alicyclic amines) is 1. The van der Waals surface area contributed by atoms with Gasteiger partial charge in [0.25, 0.3) is 0 Å². The van der Waals surface area contributed by atoms with Gasteiger partial charge in [-0.25, -0.2) is 0 Å². The van der Waals surface area contributed by atoms with E-state index in [0.29, 0.717) is 12.8 Å². The Morgan fingerprint density at radius 2 is 2.09 bits per heavy atom. The molecule has 122 valence electrons. The van der Waals surface area contributed by atoms with Crippen LogP contribution in [0.4, 0.5) is 0 Å². The number of unbranched alkanes of at least 4 members (excludes halogenated alkanes) is 1. The lowest BCUT2D eigenvalue weighted by atomic mass is 10.0. The molecule has 0 spiro atoms. The van der Waals surface area contributed by atoms with Crippen molar-refractivity contribution in [2.24, 2.45) is 0 Å². The number of piperidine rings is 1. The van der Waals surface area contributed by atoms with Gasteiger partial charge in [-0.2, -0.15) is 0 Å². The molecule has 0 aliphatic carbocycles. The minimum Gasteiger partial charge on any atom is -0.353 e. The van der Waals surface area contributed by atoms with Crippen molar-refractivity contribution in [1.29, 1.82) is 0 Å². The highest BCUT2D eigenvalue weighted by molar-refractivity contribution is 7.09. The highest BCUT2D eigenvalue weighted by Crippen LogP contribution is 2.14. The summed E-state index contributed by atoms with van der Waals surface area (Å²) in [7, 11) is 0. The molecule has 0 radical (unpaired) electrons. The van der Waals surface area contributed by atoms with Crippen molar-refractivity contribution in [3.63, 3.8) is 0 Å². The second-order valence-electron chi connectivity index (χ2n) is 5.91. The molecule has 5 heteroatoms. The predicted molar refractivity (Wildman–Crippen MR) is 89.9 cm³/mol. The first-order valence-corrected chi connectivity index (χ1v) is 9.16. The molecule has 0 atom stereocenters. The zero-order valence-corrected chi connectivity index (χ0v) is 14.2. The van der Waals surface area contributed by atoms with Gasteiger partial charge in [0.05, 0.1) is 0 Å². The first-order chi connectivity index (χ1) is 10.7. The normalized spacial score (nSPS) is 15.8. The van der Waals surface area contributed by atoms with Gasteiger partial charge in [0.2, 0.25) is 11.8 Å². The second kappa shape index (κ2) is 8.93. The number of carbonyl (C=O) groups excluding carboxylic acids is 2. The summed E-state index contributed by atoms with van der Waals surface area (Å²) >= 11 is 1.70. The molecule has 1 aromatic rings. The number of nitrogens with one attached hydrogen (secondary N) is 1. The molecule has 0 aromatic carbocycles. The van der Waals surface area contributed by atoms with Crippen LogP contribution < -0.4 is 5.32 Å². The number of aryl methyl sites for hydroxylation is 1. The Hall–Kier alpha value is -1.36. The third-order valence-electron chi connectivity index (χ3n) is 4.14. The average Bonchev–Trinajstić information content (AvgIpc) is 3.05. The number of nitrogens with zero attached hydrogens (tertiary/aromatic N) is 1. The van der Waals surface area contributed by atoms with E-state index in [-0.39, 0.29) is 17.9 Å². The van der Waals surface area contributed by atoms with Crippen molar-refractivity contribution in [2.75, 3.05) is 13.1 Å². The lowest BCUT2D eigenvalue weighted by molar-refractivity contribution is -0.132. The molecule has 1 N–H and O–H groups in total. The molecular weight excluding hydrogens is 296 g/mol. The van der Waals surface area contributed by atoms with E-state index in [4.69, 9.17) is 0 Å². The monoisotopic (exact) mass is 322 g/mol. The van der Waals surface area contributed by atoms with E-state index in [1.807, 2.05) is 16.3 Å². The van der Waals surface area contributed by atoms with Gasteiger partial charge in [-0.1, -0.05) is 19.4 Å². The van der Waals surface area contributed by atoms with E-state index in [0.717, 1.165) is 45.2 Å². The van der Waals surface area contributed by atoms with Gasteiger partial charge in [0.15, 0.2) is 0 Å². The summed E-state index contributed by atoms with van der Waals surface area (Å²) in [6, 6.07) is 4.31. The minimum absolute atomic E-state index is 0.129. The summed E-state index contributed by atoms with van der Waals surface area (Å²) in [5, 5.41) is 5.15. The van der Waals surface area contributed by atoms with Crippen LogP contribution in [-0.2, 0) is 16.0 Å². The van der Waals surface area contributed by atoms with Crippen LogP contribution in [0.2, 0.25) is 0 Å². The van der Waals surface area contributed by atoms with Crippen LogP contribution >= 0.6 is 11.3 Å². The molecule has 0 saturated carbocycles. The van der Waals surface area contributed by atoms with E-state index in [2.05, 4.69) is 18.3 Å². The summed E-state index contributed by atoms with van der Waals surface area (Å²) < 4.78 is 0. The van der Waals surface area contributed by atoms with Crippen LogP contribution in [0.1, 0.15) is 50.3 Å². The molecule has 2 rings (SSSR count). The average molecular weight is 322 g/mol. The molecule has 1 aromatic heterocycles. The standard InChI is InChI=1S/C17H26N2O2S/c1-2-3-6-17(21)19-11-9-14(10-12-19)18-16(20)8-7-15-5-4-13-22-15/h4-5,13-14H,2-3,6-12H2,1H3,(H,18,20). The topological polar surface area (TPSA) is 49.4 Å². The Morgan fingerprint density at radius 3 is 2.73 bits per heavy atom. The van der Waals surface area contributed by atoms with Crippen molar-refractivity contribution in [3.05, 3.63) is 22.4 Å². The van der Waals surface area contributed by atoms with E-state index < -0.39 is 0 Å². The molecule has 2 heterocycles. The quantitative estimate of drug-likeness (QED) is 0.839. The van der Waals surface area contributed by atoms with Crippen molar-refractivity contribution in [2.45, 2.75) is 57.9 Å². The SMILES string of the molecule is CCCCC(=O)N1CCC(NC(=O)CCc2cccs2)CC1. The molecular formula is C17H26N2O2S. The highest BCUT2D eigenvalue weighted by Gasteiger charge is 2.23. The summed E-state index contributed by atoms with van der Waals surface area (Å²) in [6.07, 6.45) is 5.81. The van der Waals surface area contributed by atoms with Crippen LogP contribution in [0, 0.1) is 0 Å². The van der Waals surface area contributed by atoms with Gasteiger partial charge >= 0.3 is 0 Å². The van der Waals surface area contributed by atoms with Gasteiger partial charge in [-0.05, 0) is 37.1 Å². The summed E-state index contributed by atoms with van der Waals surface area (Å²) in [5.41, 5.74) is 0. The van der Waals surface area contributed by atoms with Gasteiger partial charge in [0.1, 0.15) is 0 Å². The minimum atomic E-state index is 0.129. The van der Waals surface area contributed by atoms with Crippen LogP contribution in [0.25, 0.3) is 0 Å². The second-order valence-corrected chi connectivity index (χ2v) is 6.94. The number of carbonyl (C=O) groups is 2. The Bertz CT molecular complexity index is 465. The summed E-state index contributed by atoms with van der Waals surface area (Å²) in [6.45, 7) is 3.65.